The van der Waals surface area contributed by atoms with Gasteiger partial charge in [0.25, 0.3) is 0 Å². The lowest BCUT2D eigenvalue weighted by Crippen LogP contribution is -2.19. The molecule has 1 saturated carbocycles. The van der Waals surface area contributed by atoms with E-state index >= 15 is 0 Å². The van der Waals surface area contributed by atoms with Crippen molar-refractivity contribution in [3.63, 3.8) is 0 Å². The van der Waals surface area contributed by atoms with Crippen molar-refractivity contribution >= 4 is 0 Å². The fourth-order valence-corrected chi connectivity index (χ4v) is 2.04. The van der Waals surface area contributed by atoms with Crippen LogP contribution in [0.2, 0.25) is 0 Å². The van der Waals surface area contributed by atoms with Gasteiger partial charge in [-0.1, -0.05) is 32.1 Å². The van der Waals surface area contributed by atoms with Crippen LogP contribution in [0.3, 0.4) is 0 Å². The molecule has 0 aromatic rings. The van der Waals surface area contributed by atoms with E-state index in [1.165, 1.54) is 32.1 Å². The first-order valence-electron chi connectivity index (χ1n) is 5.72. The maximum Gasteiger partial charge on any atom is 0.0540 e. The molecule has 0 radical (unpaired) electrons. The van der Waals surface area contributed by atoms with Crippen LogP contribution < -0.4 is 5.73 Å². The number of hydrogen-bond donors (Lipinski definition) is 2. The molecule has 1 aliphatic carbocycles. The third-order valence-corrected chi connectivity index (χ3v) is 2.97. The van der Waals surface area contributed by atoms with Crippen LogP contribution in [0.4, 0.5) is 0 Å². The summed E-state index contributed by atoms with van der Waals surface area (Å²) in [5, 5.41) is 9.56. The monoisotopic (exact) mass is 185 g/mol. The fourth-order valence-electron chi connectivity index (χ4n) is 2.04. The Hall–Kier alpha value is -0.0800. The minimum atomic E-state index is -0.0469. The van der Waals surface area contributed by atoms with Crippen LogP contribution in [0.15, 0.2) is 0 Å². The second-order valence-corrected chi connectivity index (χ2v) is 4.34. The molecule has 0 aromatic carbocycles. The third-order valence-electron chi connectivity index (χ3n) is 2.97. The van der Waals surface area contributed by atoms with E-state index in [1.54, 1.807) is 0 Å². The van der Waals surface area contributed by atoms with Gasteiger partial charge >= 0.3 is 0 Å². The molecule has 3 N–H and O–H groups in total. The Bertz CT molecular complexity index is 113. The SMILES string of the molecule is NC1CCCCCC(O)CCCC1. The molecule has 0 spiro atoms. The van der Waals surface area contributed by atoms with Crippen LogP contribution in [-0.2, 0) is 0 Å². The van der Waals surface area contributed by atoms with Gasteiger partial charge in [0.2, 0.25) is 0 Å². The van der Waals surface area contributed by atoms with Crippen molar-refractivity contribution in [3.8, 4) is 0 Å². The van der Waals surface area contributed by atoms with Gasteiger partial charge < -0.3 is 10.8 Å². The summed E-state index contributed by atoms with van der Waals surface area (Å²) in [6.07, 6.45) is 10.2. The Morgan fingerprint density at radius 2 is 1.23 bits per heavy atom. The molecule has 2 nitrogen and oxygen atoms in total. The smallest absolute Gasteiger partial charge is 0.0540 e. The topological polar surface area (TPSA) is 46.2 Å². The lowest BCUT2D eigenvalue weighted by molar-refractivity contribution is 0.148. The molecule has 2 heteroatoms. The average molecular weight is 185 g/mol. The Balaban J connectivity index is 2.22. The lowest BCUT2D eigenvalue weighted by Gasteiger charge is -2.09. The maximum absolute atomic E-state index is 9.56. The van der Waals surface area contributed by atoms with E-state index in [0.717, 1.165) is 25.7 Å². The second kappa shape index (κ2) is 6.39. The first-order chi connectivity index (χ1) is 6.29. The van der Waals surface area contributed by atoms with Gasteiger partial charge in [0.1, 0.15) is 0 Å². The highest BCUT2D eigenvalue weighted by molar-refractivity contribution is 4.65. The van der Waals surface area contributed by atoms with Crippen molar-refractivity contribution in [2.45, 2.75) is 69.9 Å². The maximum atomic E-state index is 9.56. The van der Waals surface area contributed by atoms with Gasteiger partial charge in [0, 0.05) is 6.04 Å². The first kappa shape index (κ1) is 11.0. The largest absolute Gasteiger partial charge is 0.393 e. The molecule has 0 heterocycles. The van der Waals surface area contributed by atoms with Crippen molar-refractivity contribution in [3.05, 3.63) is 0 Å². The molecule has 1 aliphatic rings. The molecule has 0 amide bonds. The van der Waals surface area contributed by atoms with Crippen molar-refractivity contribution < 1.29 is 5.11 Å². The van der Waals surface area contributed by atoms with E-state index in [2.05, 4.69) is 0 Å². The highest BCUT2D eigenvalue weighted by Crippen LogP contribution is 2.16. The number of hydrogen-bond acceptors (Lipinski definition) is 2. The number of aliphatic hydroxyl groups is 1. The summed E-state index contributed by atoms with van der Waals surface area (Å²) in [4.78, 5) is 0. The molecular formula is C11H23NO. The summed E-state index contributed by atoms with van der Waals surface area (Å²) >= 11 is 0. The molecule has 0 saturated heterocycles. The van der Waals surface area contributed by atoms with E-state index in [9.17, 15) is 5.11 Å². The summed E-state index contributed by atoms with van der Waals surface area (Å²) in [7, 11) is 0. The third kappa shape index (κ3) is 5.27. The van der Waals surface area contributed by atoms with Gasteiger partial charge in [-0.25, -0.2) is 0 Å². The van der Waals surface area contributed by atoms with Crippen molar-refractivity contribution in [1.29, 1.82) is 0 Å². The molecule has 0 aromatic heterocycles. The van der Waals surface area contributed by atoms with E-state index in [1.807, 2.05) is 0 Å². The zero-order chi connectivity index (χ0) is 9.52. The zero-order valence-corrected chi connectivity index (χ0v) is 8.54. The van der Waals surface area contributed by atoms with Crippen LogP contribution in [0, 0.1) is 0 Å². The Kier molecular flexibility index (Phi) is 5.40. The van der Waals surface area contributed by atoms with Crippen LogP contribution in [0.5, 0.6) is 0 Å². The van der Waals surface area contributed by atoms with Crippen LogP contribution in [0.25, 0.3) is 0 Å². The molecular weight excluding hydrogens is 162 g/mol. The summed E-state index contributed by atoms with van der Waals surface area (Å²) in [6, 6.07) is 0.412. The Morgan fingerprint density at radius 3 is 1.92 bits per heavy atom. The fraction of sp³-hybridized carbons (Fsp3) is 1.00. The number of aliphatic hydroxyl groups excluding tert-OH is 1. The Morgan fingerprint density at radius 1 is 0.769 bits per heavy atom. The van der Waals surface area contributed by atoms with Gasteiger partial charge in [0.05, 0.1) is 6.10 Å². The Labute approximate surface area is 81.5 Å². The molecule has 2 atom stereocenters. The zero-order valence-electron chi connectivity index (χ0n) is 8.54. The molecule has 78 valence electrons. The van der Waals surface area contributed by atoms with Gasteiger partial charge in [-0.05, 0) is 25.7 Å². The van der Waals surface area contributed by atoms with Crippen molar-refractivity contribution in [2.24, 2.45) is 5.73 Å². The highest BCUT2D eigenvalue weighted by atomic mass is 16.3. The molecule has 1 rings (SSSR count). The van der Waals surface area contributed by atoms with Crippen molar-refractivity contribution in [1.82, 2.24) is 0 Å². The molecule has 0 aliphatic heterocycles. The lowest BCUT2D eigenvalue weighted by atomic mass is 10.0. The van der Waals surface area contributed by atoms with E-state index in [4.69, 9.17) is 5.73 Å². The van der Waals surface area contributed by atoms with Gasteiger partial charge in [0.15, 0.2) is 0 Å². The second-order valence-electron chi connectivity index (χ2n) is 4.34. The highest BCUT2D eigenvalue weighted by Gasteiger charge is 2.08. The minimum Gasteiger partial charge on any atom is -0.393 e. The van der Waals surface area contributed by atoms with Crippen LogP contribution in [0.1, 0.15) is 57.8 Å². The normalized spacial score (nSPS) is 33.7. The molecule has 0 bridgehead atoms. The predicted octanol–water partition coefficient (Wildman–Crippen LogP) is 2.20. The van der Waals surface area contributed by atoms with Gasteiger partial charge in [-0.3, -0.25) is 0 Å². The predicted molar refractivity (Wildman–Crippen MR) is 55.5 cm³/mol. The summed E-state index contributed by atoms with van der Waals surface area (Å²) in [5.41, 5.74) is 5.95. The summed E-state index contributed by atoms with van der Waals surface area (Å²) < 4.78 is 0. The quantitative estimate of drug-likeness (QED) is 0.607. The number of nitrogens with two attached hydrogens (primary N) is 1. The van der Waals surface area contributed by atoms with E-state index in [-0.39, 0.29) is 6.10 Å². The summed E-state index contributed by atoms with van der Waals surface area (Å²) in [5.74, 6) is 0. The average Bonchev–Trinajstić information content (AvgIpc) is 2.14. The standard InChI is InChI=1S/C11H23NO/c12-10-6-2-1-3-8-11(13)9-5-4-7-10/h10-11,13H,1-9,12H2. The molecule has 2 unspecified atom stereocenters. The summed E-state index contributed by atoms with van der Waals surface area (Å²) in [6.45, 7) is 0. The van der Waals surface area contributed by atoms with Crippen LogP contribution in [-0.4, -0.2) is 17.3 Å². The molecule has 13 heavy (non-hydrogen) atoms. The van der Waals surface area contributed by atoms with Gasteiger partial charge in [-0.15, -0.1) is 0 Å². The first-order valence-corrected chi connectivity index (χ1v) is 5.72. The van der Waals surface area contributed by atoms with Gasteiger partial charge in [-0.2, -0.15) is 0 Å². The van der Waals surface area contributed by atoms with E-state index in [0.29, 0.717) is 6.04 Å². The van der Waals surface area contributed by atoms with E-state index < -0.39 is 0 Å². The number of rotatable bonds is 0. The van der Waals surface area contributed by atoms with Crippen LogP contribution >= 0.6 is 0 Å². The minimum absolute atomic E-state index is 0.0469. The molecule has 1 fully saturated rings. The van der Waals surface area contributed by atoms with Crippen molar-refractivity contribution in [2.75, 3.05) is 0 Å².